The number of hydrogen-bond donors (Lipinski definition) is 1. The van der Waals surface area contributed by atoms with Crippen LogP contribution < -0.4 is 10.1 Å². The number of carbonyl (C=O) groups is 1. The summed E-state index contributed by atoms with van der Waals surface area (Å²) in [6.07, 6.45) is 3.21. The Morgan fingerprint density at radius 3 is 2.60 bits per heavy atom. The maximum absolute atomic E-state index is 12.2. The molecule has 2 aromatic carbocycles. The molecular formula is C20H18N2O2S. The van der Waals surface area contributed by atoms with Gasteiger partial charge in [0, 0.05) is 22.1 Å². The van der Waals surface area contributed by atoms with Crippen LogP contribution >= 0.6 is 11.3 Å². The highest BCUT2D eigenvalue weighted by Gasteiger charge is 2.10. The van der Waals surface area contributed by atoms with Crippen LogP contribution in [0.5, 0.6) is 5.75 Å². The van der Waals surface area contributed by atoms with E-state index in [2.05, 4.69) is 10.3 Å². The molecule has 126 valence electrons. The summed E-state index contributed by atoms with van der Waals surface area (Å²) in [4.78, 5) is 17.8. The first kappa shape index (κ1) is 16.9. The van der Waals surface area contributed by atoms with Crippen LogP contribution in [-0.2, 0) is 4.79 Å². The molecule has 1 amide bonds. The van der Waals surface area contributed by atoms with Crippen molar-refractivity contribution >= 4 is 28.5 Å². The van der Waals surface area contributed by atoms with Gasteiger partial charge in [-0.25, -0.2) is 4.98 Å². The van der Waals surface area contributed by atoms with Crippen LogP contribution in [0, 0.1) is 6.92 Å². The van der Waals surface area contributed by atoms with E-state index in [4.69, 9.17) is 4.74 Å². The standard InChI is InChI=1S/C20H18N2O2S/c1-14-19(16-9-4-3-5-10-16)22-20(25-14)21-18(23)13-12-15-8-6-7-11-17(15)24-2/h3-13H,1-2H3,(H,21,22,23). The Balaban J connectivity index is 1.72. The van der Waals surface area contributed by atoms with Crippen molar-refractivity contribution in [2.24, 2.45) is 0 Å². The number of amides is 1. The van der Waals surface area contributed by atoms with Gasteiger partial charge in [0.15, 0.2) is 5.13 Å². The van der Waals surface area contributed by atoms with E-state index in [1.165, 1.54) is 17.4 Å². The van der Waals surface area contributed by atoms with Gasteiger partial charge in [-0.2, -0.15) is 0 Å². The second-order valence-electron chi connectivity index (χ2n) is 5.35. The van der Waals surface area contributed by atoms with Gasteiger partial charge in [-0.15, -0.1) is 11.3 Å². The molecule has 0 aliphatic carbocycles. The van der Waals surface area contributed by atoms with Crippen molar-refractivity contribution in [1.29, 1.82) is 0 Å². The van der Waals surface area contributed by atoms with Crippen molar-refractivity contribution in [3.63, 3.8) is 0 Å². The third kappa shape index (κ3) is 4.14. The van der Waals surface area contributed by atoms with Crippen molar-refractivity contribution < 1.29 is 9.53 Å². The topological polar surface area (TPSA) is 51.2 Å². The molecule has 1 aromatic heterocycles. The summed E-state index contributed by atoms with van der Waals surface area (Å²) in [6, 6.07) is 17.5. The number of anilines is 1. The predicted molar refractivity (Wildman–Crippen MR) is 103 cm³/mol. The molecule has 1 heterocycles. The van der Waals surface area contributed by atoms with Gasteiger partial charge in [0.05, 0.1) is 12.8 Å². The van der Waals surface area contributed by atoms with Crippen LogP contribution in [0.4, 0.5) is 5.13 Å². The zero-order valence-electron chi connectivity index (χ0n) is 14.0. The smallest absolute Gasteiger partial charge is 0.250 e. The minimum atomic E-state index is -0.223. The van der Waals surface area contributed by atoms with E-state index in [-0.39, 0.29) is 5.91 Å². The van der Waals surface area contributed by atoms with Crippen molar-refractivity contribution in [3.8, 4) is 17.0 Å². The molecule has 0 aliphatic heterocycles. The highest BCUT2D eigenvalue weighted by atomic mass is 32.1. The Bertz CT molecular complexity index is 901. The number of aryl methyl sites for hydroxylation is 1. The molecule has 4 nitrogen and oxygen atoms in total. The lowest BCUT2D eigenvalue weighted by Crippen LogP contribution is -2.07. The second kappa shape index (κ2) is 7.77. The molecule has 0 atom stereocenters. The number of hydrogen-bond acceptors (Lipinski definition) is 4. The molecular weight excluding hydrogens is 332 g/mol. The third-order valence-corrected chi connectivity index (χ3v) is 4.51. The summed E-state index contributed by atoms with van der Waals surface area (Å²) < 4.78 is 5.27. The van der Waals surface area contributed by atoms with Crippen molar-refractivity contribution in [2.45, 2.75) is 6.92 Å². The molecule has 25 heavy (non-hydrogen) atoms. The predicted octanol–water partition coefficient (Wildman–Crippen LogP) is 4.78. The minimum Gasteiger partial charge on any atom is -0.496 e. The van der Waals surface area contributed by atoms with E-state index in [1.54, 1.807) is 13.2 Å². The molecule has 0 fully saturated rings. The first-order chi connectivity index (χ1) is 12.2. The average Bonchev–Trinajstić information content (AvgIpc) is 3.01. The molecule has 0 aliphatic rings. The minimum absolute atomic E-state index is 0.223. The van der Waals surface area contributed by atoms with E-state index in [0.29, 0.717) is 5.13 Å². The molecule has 0 spiro atoms. The quantitative estimate of drug-likeness (QED) is 0.674. The van der Waals surface area contributed by atoms with Gasteiger partial charge in [-0.05, 0) is 19.1 Å². The highest BCUT2D eigenvalue weighted by Crippen LogP contribution is 2.30. The van der Waals surface area contributed by atoms with Crippen LogP contribution in [0.2, 0.25) is 0 Å². The lowest BCUT2D eigenvalue weighted by Gasteiger charge is -2.03. The highest BCUT2D eigenvalue weighted by molar-refractivity contribution is 7.16. The normalized spacial score (nSPS) is 10.8. The van der Waals surface area contributed by atoms with E-state index in [1.807, 2.05) is 61.5 Å². The van der Waals surface area contributed by atoms with E-state index >= 15 is 0 Å². The largest absolute Gasteiger partial charge is 0.496 e. The number of nitrogens with one attached hydrogen (secondary N) is 1. The number of rotatable bonds is 5. The molecule has 5 heteroatoms. The maximum atomic E-state index is 12.2. The molecule has 0 saturated carbocycles. The fourth-order valence-electron chi connectivity index (χ4n) is 2.43. The fraction of sp³-hybridized carbons (Fsp3) is 0.100. The van der Waals surface area contributed by atoms with E-state index in [9.17, 15) is 4.79 Å². The van der Waals surface area contributed by atoms with Gasteiger partial charge in [-0.1, -0.05) is 48.5 Å². The van der Waals surface area contributed by atoms with Crippen LogP contribution in [0.3, 0.4) is 0 Å². The number of methoxy groups -OCH3 is 1. The molecule has 1 N–H and O–H groups in total. The zero-order chi connectivity index (χ0) is 17.6. The SMILES string of the molecule is COc1ccccc1C=CC(=O)Nc1nc(-c2ccccc2)c(C)s1. The van der Waals surface area contributed by atoms with Crippen LogP contribution in [-0.4, -0.2) is 18.0 Å². The Morgan fingerprint density at radius 2 is 1.84 bits per heavy atom. The lowest BCUT2D eigenvalue weighted by atomic mass is 10.1. The number of para-hydroxylation sites is 1. The summed E-state index contributed by atoms with van der Waals surface area (Å²) in [5.74, 6) is 0.502. The Labute approximate surface area is 150 Å². The molecule has 0 unspecified atom stereocenters. The first-order valence-corrected chi connectivity index (χ1v) is 8.64. The van der Waals surface area contributed by atoms with Crippen molar-refractivity contribution in [1.82, 2.24) is 4.98 Å². The lowest BCUT2D eigenvalue weighted by molar-refractivity contribution is -0.111. The van der Waals surface area contributed by atoms with Crippen LogP contribution in [0.15, 0.2) is 60.7 Å². The zero-order valence-corrected chi connectivity index (χ0v) is 14.8. The number of carbonyl (C=O) groups excluding carboxylic acids is 1. The van der Waals surface area contributed by atoms with Crippen LogP contribution in [0.1, 0.15) is 10.4 Å². The molecule has 0 saturated heterocycles. The number of aromatic nitrogens is 1. The monoisotopic (exact) mass is 350 g/mol. The van der Waals surface area contributed by atoms with Crippen molar-refractivity contribution in [2.75, 3.05) is 12.4 Å². The number of thiazole rings is 1. The summed E-state index contributed by atoms with van der Waals surface area (Å²) >= 11 is 1.47. The van der Waals surface area contributed by atoms with Gasteiger partial charge in [0.25, 0.3) is 0 Å². The fourth-order valence-corrected chi connectivity index (χ4v) is 3.27. The Morgan fingerprint density at radius 1 is 1.12 bits per heavy atom. The first-order valence-electron chi connectivity index (χ1n) is 7.82. The number of benzene rings is 2. The van der Waals surface area contributed by atoms with Gasteiger partial charge < -0.3 is 4.74 Å². The summed E-state index contributed by atoms with van der Waals surface area (Å²) in [5, 5.41) is 3.41. The van der Waals surface area contributed by atoms with Gasteiger partial charge in [-0.3, -0.25) is 10.1 Å². The van der Waals surface area contributed by atoms with Crippen molar-refractivity contribution in [3.05, 3.63) is 71.1 Å². The number of ether oxygens (including phenoxy) is 1. The molecule has 3 rings (SSSR count). The summed E-state index contributed by atoms with van der Waals surface area (Å²) in [5.41, 5.74) is 2.79. The van der Waals surface area contributed by atoms with E-state index in [0.717, 1.165) is 27.4 Å². The Hall–Kier alpha value is -2.92. The maximum Gasteiger partial charge on any atom is 0.250 e. The van der Waals surface area contributed by atoms with Gasteiger partial charge in [0.2, 0.25) is 5.91 Å². The average molecular weight is 350 g/mol. The summed E-state index contributed by atoms with van der Waals surface area (Å²) in [6.45, 7) is 2.00. The van der Waals surface area contributed by atoms with Gasteiger partial charge in [0.1, 0.15) is 5.75 Å². The molecule has 0 radical (unpaired) electrons. The molecule has 0 bridgehead atoms. The second-order valence-corrected chi connectivity index (χ2v) is 6.56. The third-order valence-electron chi connectivity index (χ3n) is 3.63. The van der Waals surface area contributed by atoms with Crippen LogP contribution in [0.25, 0.3) is 17.3 Å². The molecule has 3 aromatic rings. The number of nitrogens with zero attached hydrogens (tertiary/aromatic N) is 1. The summed E-state index contributed by atoms with van der Waals surface area (Å²) in [7, 11) is 1.61. The van der Waals surface area contributed by atoms with E-state index < -0.39 is 0 Å². The Kier molecular flexibility index (Phi) is 5.26. The van der Waals surface area contributed by atoms with Gasteiger partial charge >= 0.3 is 0 Å².